The van der Waals surface area contributed by atoms with Gasteiger partial charge in [-0.05, 0) is 34.7 Å². The van der Waals surface area contributed by atoms with Crippen molar-refractivity contribution < 1.29 is 43.3 Å². The fourth-order valence-electron chi connectivity index (χ4n) is 0.748. The van der Waals surface area contributed by atoms with Gasteiger partial charge >= 0.3 is 29.6 Å². The van der Waals surface area contributed by atoms with Gasteiger partial charge in [-0.25, -0.2) is 0 Å². The van der Waals surface area contributed by atoms with Gasteiger partial charge < -0.3 is 13.7 Å². The summed E-state index contributed by atoms with van der Waals surface area (Å²) in [5, 5.41) is 10.5. The van der Waals surface area contributed by atoms with E-state index in [1.54, 1.807) is 12.1 Å². The summed E-state index contributed by atoms with van der Waals surface area (Å²) in [7, 11) is 0. The third kappa shape index (κ3) is 3.39. The van der Waals surface area contributed by atoms with Crippen molar-refractivity contribution in [2.75, 3.05) is 0 Å². The number of hydrogen-bond acceptors (Lipinski definition) is 3. The van der Waals surface area contributed by atoms with E-state index in [-0.39, 0.29) is 40.9 Å². The molecule has 64 valence electrons. The maximum absolute atomic E-state index is 10.5. The fraction of sp³-hybridized carbons (Fsp3) is 0. The molecular weight excluding hydrogens is 362 g/mol. The summed E-state index contributed by atoms with van der Waals surface area (Å²) < 4.78 is 5.44. The number of halogens is 2. The maximum Gasteiger partial charge on any atom is 1.00 e. The fourth-order valence-corrected chi connectivity index (χ4v) is 2.01. The van der Waals surface area contributed by atoms with Crippen molar-refractivity contribution in [1.29, 1.82) is 0 Å². The molecule has 0 aliphatic carbocycles. The molecule has 0 fully saturated rings. The monoisotopic (exact) mass is 364 g/mol. The first-order valence-electron chi connectivity index (χ1n) is 2.95. The Morgan fingerprint density at radius 1 is 1.54 bits per heavy atom. The van der Waals surface area contributed by atoms with Crippen molar-refractivity contribution in [2.45, 2.75) is 0 Å². The molecular formula is C7H3BrINaO3. The van der Waals surface area contributed by atoms with E-state index in [0.717, 1.165) is 0 Å². The van der Waals surface area contributed by atoms with Crippen LogP contribution in [0.15, 0.2) is 18.2 Å². The summed E-state index contributed by atoms with van der Waals surface area (Å²) in [5.74, 6) is -0.971. The minimum Gasteiger partial charge on any atom is -0.545 e. The molecule has 0 aliphatic heterocycles. The quantitative estimate of drug-likeness (QED) is 0.466. The van der Waals surface area contributed by atoms with Crippen molar-refractivity contribution in [3.8, 4) is 5.75 Å². The Labute approximate surface area is 120 Å². The Bertz CT molecular complexity index is 319. The number of hydrogen-bond donors (Lipinski definition) is 0. The zero-order valence-electron chi connectivity index (χ0n) is 6.71. The predicted molar refractivity (Wildman–Crippen MR) is 53.0 cm³/mol. The number of carbonyl (C=O) groups excluding carboxylic acids is 1. The molecule has 0 saturated carbocycles. The van der Waals surface area contributed by atoms with E-state index in [0.29, 0.717) is 3.57 Å². The van der Waals surface area contributed by atoms with Crippen LogP contribution in [0, 0.1) is 3.57 Å². The Kier molecular flexibility index (Phi) is 6.57. The normalized spacial score (nSPS) is 8.77. The molecule has 0 unspecified atom stereocenters. The topological polar surface area (TPSA) is 49.4 Å². The van der Waals surface area contributed by atoms with Gasteiger partial charge in [-0.3, -0.25) is 0 Å². The molecule has 0 N–H and O–H groups in total. The van der Waals surface area contributed by atoms with E-state index in [1.807, 2.05) is 22.6 Å². The Morgan fingerprint density at radius 2 is 2.15 bits per heavy atom. The second-order valence-electron chi connectivity index (χ2n) is 1.98. The number of carboxylic acids is 1. The second kappa shape index (κ2) is 6.23. The summed E-state index contributed by atoms with van der Waals surface area (Å²) in [4.78, 5) is 10.5. The van der Waals surface area contributed by atoms with Gasteiger partial charge in [-0.1, -0.05) is 6.07 Å². The van der Waals surface area contributed by atoms with Crippen LogP contribution in [-0.4, -0.2) is 5.97 Å². The van der Waals surface area contributed by atoms with Crippen molar-refractivity contribution in [1.82, 2.24) is 0 Å². The van der Waals surface area contributed by atoms with Crippen molar-refractivity contribution in [2.24, 2.45) is 0 Å². The number of para-hydroxylation sites is 1. The molecule has 0 aromatic heterocycles. The summed E-state index contributed by atoms with van der Waals surface area (Å²) in [6.45, 7) is 0. The van der Waals surface area contributed by atoms with Gasteiger partial charge in [0.05, 0.1) is 9.54 Å². The molecule has 0 amide bonds. The van der Waals surface area contributed by atoms with E-state index in [2.05, 4.69) is 16.3 Å². The van der Waals surface area contributed by atoms with Gasteiger partial charge in [0, 0.05) is 5.56 Å². The molecule has 1 rings (SSSR count). The first kappa shape index (κ1) is 13.7. The van der Waals surface area contributed by atoms with Crippen molar-refractivity contribution in [3.05, 3.63) is 27.3 Å². The molecule has 0 aliphatic rings. The Hall–Kier alpha value is 0.700. The van der Waals surface area contributed by atoms with Crippen LogP contribution in [-0.2, 0) is 0 Å². The molecule has 1 aromatic rings. The van der Waals surface area contributed by atoms with Crippen LogP contribution in [0.1, 0.15) is 10.4 Å². The van der Waals surface area contributed by atoms with E-state index in [4.69, 9.17) is 3.83 Å². The van der Waals surface area contributed by atoms with Gasteiger partial charge in [0.15, 0.2) is 22.0 Å². The van der Waals surface area contributed by atoms with Gasteiger partial charge in [0.25, 0.3) is 0 Å². The predicted octanol–water partition coefficient (Wildman–Crippen LogP) is -1.65. The second-order valence-corrected chi connectivity index (χ2v) is 3.47. The Balaban J connectivity index is 0.00000144. The summed E-state index contributed by atoms with van der Waals surface area (Å²) in [6, 6.07) is 4.79. The Morgan fingerprint density at radius 3 is 2.54 bits per heavy atom. The SMILES string of the molecule is O=C([O-])c1cccc(I)c1OBr.[Na+]. The molecule has 0 spiro atoms. The average molecular weight is 365 g/mol. The molecule has 0 bridgehead atoms. The van der Waals surface area contributed by atoms with Crippen LogP contribution in [0.4, 0.5) is 0 Å². The van der Waals surface area contributed by atoms with Crippen LogP contribution in [0.25, 0.3) is 0 Å². The van der Waals surface area contributed by atoms with Gasteiger partial charge in [0.2, 0.25) is 0 Å². The molecule has 6 heteroatoms. The first-order valence-corrected chi connectivity index (χ1v) is 4.68. The molecule has 0 radical (unpaired) electrons. The van der Waals surface area contributed by atoms with Crippen LogP contribution >= 0.6 is 38.8 Å². The van der Waals surface area contributed by atoms with Crippen LogP contribution in [0.5, 0.6) is 5.75 Å². The van der Waals surface area contributed by atoms with Gasteiger partial charge in [-0.15, -0.1) is 0 Å². The number of benzene rings is 1. The van der Waals surface area contributed by atoms with Gasteiger partial charge in [-0.2, -0.15) is 0 Å². The minimum absolute atomic E-state index is 0. The van der Waals surface area contributed by atoms with Gasteiger partial charge in [0.1, 0.15) is 0 Å². The van der Waals surface area contributed by atoms with E-state index in [1.165, 1.54) is 6.07 Å². The van der Waals surface area contributed by atoms with Crippen LogP contribution in [0.2, 0.25) is 0 Å². The minimum atomic E-state index is -1.25. The molecule has 13 heavy (non-hydrogen) atoms. The maximum atomic E-state index is 10.5. The standard InChI is InChI=1S/C7H4BrIO3.Na/c8-12-6-4(7(10)11)2-1-3-5(6)9;/h1-3H,(H,10,11);/q;+1/p-1. The molecule has 0 saturated heterocycles. The number of carboxylic acid groups (broad SMARTS) is 1. The van der Waals surface area contributed by atoms with E-state index < -0.39 is 5.97 Å². The zero-order valence-corrected chi connectivity index (χ0v) is 12.5. The largest absolute Gasteiger partial charge is 1.00 e. The summed E-state index contributed by atoms with van der Waals surface area (Å²) in [6.07, 6.45) is 0. The summed E-state index contributed by atoms with van der Waals surface area (Å²) >= 11 is 4.70. The smallest absolute Gasteiger partial charge is 0.545 e. The van der Waals surface area contributed by atoms with Crippen LogP contribution < -0.4 is 38.5 Å². The zero-order chi connectivity index (χ0) is 9.14. The third-order valence-electron chi connectivity index (χ3n) is 1.26. The van der Waals surface area contributed by atoms with Crippen LogP contribution in [0.3, 0.4) is 0 Å². The van der Waals surface area contributed by atoms with Crippen molar-refractivity contribution >= 4 is 44.8 Å². The first-order chi connectivity index (χ1) is 5.66. The van der Waals surface area contributed by atoms with E-state index in [9.17, 15) is 9.90 Å². The number of rotatable bonds is 2. The molecule has 3 nitrogen and oxygen atoms in total. The molecule has 1 aromatic carbocycles. The number of carbonyl (C=O) groups is 1. The molecule has 0 atom stereocenters. The third-order valence-corrected chi connectivity index (χ3v) is 2.44. The number of aromatic carboxylic acids is 1. The van der Waals surface area contributed by atoms with E-state index >= 15 is 0 Å². The average Bonchev–Trinajstić information content (AvgIpc) is 2.03. The summed E-state index contributed by atoms with van der Waals surface area (Å²) in [5.41, 5.74) is 0.0405. The van der Waals surface area contributed by atoms with Crippen molar-refractivity contribution in [3.63, 3.8) is 0 Å². The molecule has 0 heterocycles.